The van der Waals surface area contributed by atoms with Crippen molar-refractivity contribution >= 4 is 21.6 Å². The molecule has 21 heavy (non-hydrogen) atoms. The molecule has 3 rings (SSSR count). The molecule has 7 heteroatoms. The molecule has 0 radical (unpaired) electrons. The lowest BCUT2D eigenvalue weighted by molar-refractivity contribution is 0.611. The molecule has 0 saturated carbocycles. The Morgan fingerprint density at radius 2 is 2.14 bits per heavy atom. The van der Waals surface area contributed by atoms with E-state index >= 15 is 0 Å². The average Bonchev–Trinajstić information content (AvgIpc) is 3.01. The Hall–Kier alpha value is -2.28. The molecule has 3 aromatic rings. The second kappa shape index (κ2) is 6.01. The first-order chi connectivity index (χ1) is 10.2. The zero-order valence-corrected chi connectivity index (χ0v) is 12.5. The van der Waals surface area contributed by atoms with Crippen molar-refractivity contribution in [3.05, 3.63) is 65.2 Å². The van der Waals surface area contributed by atoms with Gasteiger partial charge < -0.3 is 5.32 Å². The Morgan fingerprint density at radius 3 is 2.81 bits per heavy atom. The lowest BCUT2D eigenvalue weighted by atomic mass is 10.2. The number of pyridine rings is 1. The molecule has 0 aliphatic heterocycles. The van der Waals surface area contributed by atoms with Gasteiger partial charge in [-0.3, -0.25) is 4.98 Å². The van der Waals surface area contributed by atoms with Crippen LogP contribution in [0, 0.1) is 5.82 Å². The maximum absolute atomic E-state index is 14.0. The third-order valence-corrected chi connectivity index (χ3v) is 3.34. The summed E-state index contributed by atoms with van der Waals surface area (Å²) in [6, 6.07) is 8.69. The summed E-state index contributed by atoms with van der Waals surface area (Å²) in [6.45, 7) is 0.523. The molecule has 0 aliphatic carbocycles. The van der Waals surface area contributed by atoms with Crippen LogP contribution in [0.1, 0.15) is 5.69 Å². The highest BCUT2D eigenvalue weighted by Gasteiger charge is 2.06. The van der Waals surface area contributed by atoms with E-state index in [2.05, 4.69) is 36.3 Å². The van der Waals surface area contributed by atoms with E-state index in [1.54, 1.807) is 18.3 Å². The van der Waals surface area contributed by atoms with Crippen LogP contribution in [0.5, 0.6) is 0 Å². The summed E-state index contributed by atoms with van der Waals surface area (Å²) in [5, 5.41) is 7.04. The highest BCUT2D eigenvalue weighted by atomic mass is 79.9. The maximum atomic E-state index is 14.0. The van der Waals surface area contributed by atoms with Crippen molar-refractivity contribution in [2.45, 2.75) is 6.54 Å². The van der Waals surface area contributed by atoms with E-state index in [1.807, 2.05) is 12.1 Å². The van der Waals surface area contributed by atoms with Crippen LogP contribution in [-0.2, 0) is 6.54 Å². The Balaban J connectivity index is 1.72. The Labute approximate surface area is 129 Å². The van der Waals surface area contributed by atoms with Crippen LogP contribution in [0.4, 0.5) is 10.1 Å². The van der Waals surface area contributed by atoms with Crippen molar-refractivity contribution in [1.29, 1.82) is 0 Å². The summed E-state index contributed by atoms with van der Waals surface area (Å²) in [6.07, 6.45) is 4.55. The number of hydrogen-bond acceptors (Lipinski definition) is 4. The van der Waals surface area contributed by atoms with Crippen molar-refractivity contribution < 1.29 is 4.39 Å². The van der Waals surface area contributed by atoms with Crippen LogP contribution in [0.15, 0.2) is 53.7 Å². The molecular formula is C14H11BrFN5. The number of benzene rings is 1. The SMILES string of the molecule is Fc1cc(NCc2ccc(Br)cn2)ccc1-n1cncn1. The molecular weight excluding hydrogens is 337 g/mol. The molecule has 0 amide bonds. The topological polar surface area (TPSA) is 55.6 Å². The Bertz CT molecular complexity index is 728. The summed E-state index contributed by atoms with van der Waals surface area (Å²) < 4.78 is 16.4. The molecule has 0 aliphatic rings. The van der Waals surface area contributed by atoms with Gasteiger partial charge in [-0.15, -0.1) is 0 Å². The van der Waals surface area contributed by atoms with Crippen LogP contribution in [0.3, 0.4) is 0 Å². The molecule has 2 aromatic heterocycles. The normalized spacial score (nSPS) is 10.6. The second-order valence-corrected chi connectivity index (χ2v) is 5.24. The molecule has 0 fully saturated rings. The predicted molar refractivity (Wildman–Crippen MR) is 80.6 cm³/mol. The Morgan fingerprint density at radius 1 is 1.24 bits per heavy atom. The van der Waals surface area contributed by atoms with Crippen LogP contribution in [0.2, 0.25) is 0 Å². The molecule has 1 N–H and O–H groups in total. The van der Waals surface area contributed by atoms with Gasteiger partial charge in [-0.1, -0.05) is 0 Å². The third kappa shape index (κ3) is 3.25. The highest BCUT2D eigenvalue weighted by Crippen LogP contribution is 2.18. The number of rotatable bonds is 4. The van der Waals surface area contributed by atoms with E-state index in [1.165, 1.54) is 23.4 Å². The second-order valence-electron chi connectivity index (χ2n) is 4.33. The highest BCUT2D eigenvalue weighted by molar-refractivity contribution is 9.10. The maximum Gasteiger partial charge on any atom is 0.150 e. The molecule has 2 heterocycles. The van der Waals surface area contributed by atoms with Crippen LogP contribution in [0.25, 0.3) is 5.69 Å². The van der Waals surface area contributed by atoms with Crippen molar-refractivity contribution in [3.8, 4) is 5.69 Å². The summed E-state index contributed by atoms with van der Waals surface area (Å²) in [7, 11) is 0. The first kappa shape index (κ1) is 13.7. The molecule has 0 saturated heterocycles. The summed E-state index contributed by atoms with van der Waals surface area (Å²) in [5.41, 5.74) is 1.92. The number of halogens is 2. The fourth-order valence-electron chi connectivity index (χ4n) is 1.84. The van der Waals surface area contributed by atoms with Crippen molar-refractivity contribution in [2.24, 2.45) is 0 Å². The van der Waals surface area contributed by atoms with Gasteiger partial charge in [0, 0.05) is 16.4 Å². The molecule has 0 unspecified atom stereocenters. The lowest BCUT2D eigenvalue weighted by Gasteiger charge is -2.08. The first-order valence-corrected chi connectivity index (χ1v) is 7.00. The average molecular weight is 348 g/mol. The van der Waals surface area contributed by atoms with Crippen LogP contribution < -0.4 is 5.32 Å². The number of hydrogen-bond donors (Lipinski definition) is 1. The minimum Gasteiger partial charge on any atom is -0.379 e. The van der Waals surface area contributed by atoms with E-state index in [4.69, 9.17) is 0 Å². The number of nitrogens with one attached hydrogen (secondary N) is 1. The smallest absolute Gasteiger partial charge is 0.150 e. The molecule has 0 atom stereocenters. The number of anilines is 1. The monoisotopic (exact) mass is 347 g/mol. The fourth-order valence-corrected chi connectivity index (χ4v) is 2.07. The van der Waals surface area contributed by atoms with Crippen LogP contribution >= 0.6 is 15.9 Å². The van der Waals surface area contributed by atoms with Gasteiger partial charge in [0.05, 0.1) is 12.2 Å². The van der Waals surface area contributed by atoms with Crippen LogP contribution in [-0.4, -0.2) is 19.7 Å². The van der Waals surface area contributed by atoms with E-state index in [0.29, 0.717) is 17.9 Å². The third-order valence-electron chi connectivity index (χ3n) is 2.88. The van der Waals surface area contributed by atoms with Crippen molar-refractivity contribution in [3.63, 3.8) is 0 Å². The standard InChI is InChI=1S/C14H11BrFN5/c15-10-1-2-12(18-6-10)7-19-11-3-4-14(13(16)5-11)21-9-17-8-20-21/h1-6,8-9,19H,7H2. The van der Waals surface area contributed by atoms with Gasteiger partial charge in [0.25, 0.3) is 0 Å². The van der Waals surface area contributed by atoms with Crippen molar-refractivity contribution in [2.75, 3.05) is 5.32 Å². The minimum atomic E-state index is -0.366. The predicted octanol–water partition coefficient (Wildman–Crippen LogP) is 3.18. The van der Waals surface area contributed by atoms with E-state index < -0.39 is 0 Å². The molecule has 0 spiro atoms. The number of nitrogens with zero attached hydrogens (tertiary/aromatic N) is 4. The molecule has 1 aromatic carbocycles. The van der Waals surface area contributed by atoms with Gasteiger partial charge >= 0.3 is 0 Å². The van der Waals surface area contributed by atoms with Gasteiger partial charge in [0.15, 0.2) is 5.82 Å². The Kier molecular flexibility index (Phi) is 3.92. The molecule has 5 nitrogen and oxygen atoms in total. The van der Waals surface area contributed by atoms with E-state index in [0.717, 1.165) is 10.2 Å². The van der Waals surface area contributed by atoms with E-state index in [-0.39, 0.29) is 5.82 Å². The van der Waals surface area contributed by atoms with Gasteiger partial charge in [-0.2, -0.15) is 5.10 Å². The summed E-state index contributed by atoms with van der Waals surface area (Å²) in [5.74, 6) is -0.366. The summed E-state index contributed by atoms with van der Waals surface area (Å²) in [4.78, 5) is 8.05. The first-order valence-electron chi connectivity index (χ1n) is 6.21. The summed E-state index contributed by atoms with van der Waals surface area (Å²) >= 11 is 3.33. The van der Waals surface area contributed by atoms with Crippen molar-refractivity contribution in [1.82, 2.24) is 19.7 Å². The zero-order chi connectivity index (χ0) is 14.7. The molecule has 0 bridgehead atoms. The van der Waals surface area contributed by atoms with Gasteiger partial charge in [0.2, 0.25) is 0 Å². The largest absolute Gasteiger partial charge is 0.379 e. The van der Waals surface area contributed by atoms with Gasteiger partial charge in [-0.05, 0) is 46.3 Å². The lowest BCUT2D eigenvalue weighted by Crippen LogP contribution is -2.03. The van der Waals surface area contributed by atoms with Gasteiger partial charge in [-0.25, -0.2) is 14.1 Å². The minimum absolute atomic E-state index is 0.361. The fraction of sp³-hybridized carbons (Fsp3) is 0.0714. The molecule has 106 valence electrons. The van der Waals surface area contributed by atoms with Gasteiger partial charge in [0.1, 0.15) is 18.3 Å². The quantitative estimate of drug-likeness (QED) is 0.787. The number of aromatic nitrogens is 4. The van der Waals surface area contributed by atoms with E-state index in [9.17, 15) is 4.39 Å². The zero-order valence-electron chi connectivity index (χ0n) is 10.9.